The molecule has 22 heavy (non-hydrogen) atoms. The van der Waals surface area contributed by atoms with Gasteiger partial charge in [-0.05, 0) is 6.42 Å². The first-order valence-electron chi connectivity index (χ1n) is 9.47. The molecule has 0 aromatic heterocycles. The lowest BCUT2D eigenvalue weighted by Crippen LogP contribution is -2.07. The molecule has 0 aliphatic carbocycles. The van der Waals surface area contributed by atoms with E-state index in [1.54, 1.807) is 0 Å². The van der Waals surface area contributed by atoms with Gasteiger partial charge in [0.25, 0.3) is 0 Å². The van der Waals surface area contributed by atoms with E-state index in [1.165, 1.54) is 77.0 Å². The van der Waals surface area contributed by atoms with Crippen molar-refractivity contribution in [2.45, 2.75) is 116 Å². The van der Waals surface area contributed by atoms with Crippen LogP contribution in [0.3, 0.4) is 0 Å². The molecule has 0 spiro atoms. The summed E-state index contributed by atoms with van der Waals surface area (Å²) >= 11 is 0. The van der Waals surface area contributed by atoms with Crippen molar-refractivity contribution in [3.63, 3.8) is 0 Å². The monoisotopic (exact) mass is 321 g/mol. The Labute approximate surface area is 136 Å². The summed E-state index contributed by atoms with van der Waals surface area (Å²) in [7, 11) is 0. The highest BCUT2D eigenvalue weighted by Gasteiger charge is 2.26. The van der Waals surface area contributed by atoms with E-state index >= 15 is 0 Å². The van der Waals surface area contributed by atoms with Crippen molar-refractivity contribution in [1.29, 1.82) is 0 Å². The van der Waals surface area contributed by atoms with Crippen LogP contribution in [0.25, 0.3) is 0 Å². The van der Waals surface area contributed by atoms with E-state index in [0.717, 1.165) is 12.8 Å². The summed E-state index contributed by atoms with van der Waals surface area (Å²) in [6.45, 7) is 2.25. The minimum Gasteiger partial charge on any atom is -0.171 e. The van der Waals surface area contributed by atoms with Crippen molar-refractivity contribution in [1.82, 2.24) is 0 Å². The topological polar surface area (TPSA) is 0 Å². The van der Waals surface area contributed by atoms with Crippen LogP contribution in [-0.4, -0.2) is 6.18 Å². The predicted octanol–water partition coefficient (Wildman–Crippen LogP) is 8.01. The van der Waals surface area contributed by atoms with Crippen LogP contribution in [0.4, 0.5) is 13.2 Å². The first kappa shape index (κ1) is 21.8. The molecule has 0 aliphatic heterocycles. The molecule has 133 valence electrons. The van der Waals surface area contributed by atoms with Crippen molar-refractivity contribution in [2.75, 3.05) is 0 Å². The fourth-order valence-electron chi connectivity index (χ4n) is 2.78. The Hall–Kier alpha value is -0.210. The van der Waals surface area contributed by atoms with Gasteiger partial charge in [0, 0.05) is 0 Å². The molecule has 3 heteroatoms. The highest BCUT2D eigenvalue weighted by molar-refractivity contribution is 4.73. The van der Waals surface area contributed by atoms with E-state index < -0.39 is 6.18 Å². The molecule has 0 bridgehead atoms. The number of hydrogen-bond donors (Lipinski definition) is 0. The van der Waals surface area contributed by atoms with Gasteiger partial charge in [-0.2, -0.15) is 13.2 Å². The van der Waals surface area contributed by atoms with Gasteiger partial charge in [0.1, 0.15) is 0 Å². The second kappa shape index (κ2) is 15.7. The van der Waals surface area contributed by atoms with Gasteiger partial charge < -0.3 is 0 Å². The molecule has 0 aliphatic rings. The second-order valence-corrected chi connectivity index (χ2v) is 6.48. The molecule has 0 N–H and O–H groups in total. The van der Waals surface area contributed by atoms with Crippen LogP contribution in [-0.2, 0) is 0 Å². The van der Waals surface area contributed by atoms with E-state index in [9.17, 15) is 13.2 Å². The second-order valence-electron chi connectivity index (χ2n) is 6.48. The molecular formula is C19H36F3. The third-order valence-electron chi connectivity index (χ3n) is 4.18. The van der Waals surface area contributed by atoms with Crippen molar-refractivity contribution in [3.05, 3.63) is 6.42 Å². The van der Waals surface area contributed by atoms with Crippen LogP contribution in [0.2, 0.25) is 0 Å². The van der Waals surface area contributed by atoms with Crippen LogP contribution >= 0.6 is 0 Å². The Kier molecular flexibility index (Phi) is 15.5. The van der Waals surface area contributed by atoms with Gasteiger partial charge in [-0.15, -0.1) is 0 Å². The molecular weight excluding hydrogens is 285 g/mol. The lowest BCUT2D eigenvalue weighted by atomic mass is 10.0. The van der Waals surface area contributed by atoms with Crippen molar-refractivity contribution in [3.8, 4) is 0 Å². The normalized spacial score (nSPS) is 12.0. The number of hydrogen-bond acceptors (Lipinski definition) is 0. The minimum atomic E-state index is -4.09. The largest absolute Gasteiger partial charge is 0.392 e. The molecule has 0 aromatic carbocycles. The molecule has 0 heterocycles. The smallest absolute Gasteiger partial charge is 0.171 e. The predicted molar refractivity (Wildman–Crippen MR) is 89.9 cm³/mol. The van der Waals surface area contributed by atoms with Crippen LogP contribution < -0.4 is 0 Å². The summed E-state index contributed by atoms with van der Waals surface area (Å²) in [4.78, 5) is 0. The Morgan fingerprint density at radius 1 is 0.545 bits per heavy atom. The maximum atomic E-state index is 11.9. The quantitative estimate of drug-likeness (QED) is 0.252. The van der Waals surface area contributed by atoms with Gasteiger partial charge in [0.2, 0.25) is 0 Å². The van der Waals surface area contributed by atoms with Crippen molar-refractivity contribution >= 4 is 0 Å². The van der Waals surface area contributed by atoms with Crippen molar-refractivity contribution in [2.24, 2.45) is 0 Å². The number of halogens is 3. The van der Waals surface area contributed by atoms with Gasteiger partial charge in [-0.1, -0.05) is 103 Å². The van der Waals surface area contributed by atoms with Gasteiger partial charge in [-0.3, -0.25) is 0 Å². The average Bonchev–Trinajstić information content (AvgIpc) is 2.45. The standard InChI is InChI=1S/C19H36F3/c1-2-3-4-5-6-7-8-9-10-11-12-13-14-15-16-17-18-19(20,21)22/h18H,2-17H2,1H3. The maximum absolute atomic E-state index is 11.9. The van der Waals surface area contributed by atoms with Gasteiger partial charge in [0.05, 0.1) is 6.42 Å². The molecule has 0 amide bonds. The fraction of sp³-hybridized carbons (Fsp3) is 0.947. The Bertz CT molecular complexity index is 211. The molecule has 0 rings (SSSR count). The number of alkyl halides is 3. The van der Waals surface area contributed by atoms with E-state index in [0.29, 0.717) is 12.8 Å². The Morgan fingerprint density at radius 2 is 0.864 bits per heavy atom. The third-order valence-corrected chi connectivity index (χ3v) is 4.18. The molecule has 0 fully saturated rings. The molecule has 1 radical (unpaired) electrons. The van der Waals surface area contributed by atoms with E-state index in [2.05, 4.69) is 6.92 Å². The molecule has 0 saturated heterocycles. The third kappa shape index (κ3) is 19.8. The number of unbranched alkanes of at least 4 members (excludes halogenated alkanes) is 15. The highest BCUT2D eigenvalue weighted by Crippen LogP contribution is 2.22. The first-order valence-corrected chi connectivity index (χ1v) is 9.47. The fourth-order valence-corrected chi connectivity index (χ4v) is 2.78. The van der Waals surface area contributed by atoms with Crippen molar-refractivity contribution < 1.29 is 13.2 Å². The highest BCUT2D eigenvalue weighted by atomic mass is 19.4. The molecule has 0 unspecified atom stereocenters. The van der Waals surface area contributed by atoms with E-state index in [1.807, 2.05) is 0 Å². The van der Waals surface area contributed by atoms with Crippen LogP contribution in [0.5, 0.6) is 0 Å². The van der Waals surface area contributed by atoms with E-state index in [4.69, 9.17) is 0 Å². The van der Waals surface area contributed by atoms with Crippen LogP contribution in [0.1, 0.15) is 110 Å². The molecule has 0 saturated carbocycles. The molecule has 0 atom stereocenters. The summed E-state index contributed by atoms with van der Waals surface area (Å²) in [6, 6.07) is 0. The van der Waals surface area contributed by atoms with Gasteiger partial charge >= 0.3 is 6.18 Å². The van der Waals surface area contributed by atoms with E-state index in [-0.39, 0.29) is 6.42 Å². The average molecular weight is 321 g/mol. The summed E-state index contributed by atoms with van der Waals surface area (Å²) < 4.78 is 35.6. The molecule has 0 aromatic rings. The summed E-state index contributed by atoms with van der Waals surface area (Å²) in [5, 5.41) is 0. The Balaban J connectivity index is 3.00. The lowest BCUT2D eigenvalue weighted by molar-refractivity contribution is -0.0984. The lowest BCUT2D eigenvalue weighted by Gasteiger charge is -2.05. The van der Waals surface area contributed by atoms with Gasteiger partial charge in [0.15, 0.2) is 0 Å². The first-order chi connectivity index (χ1) is 10.6. The Morgan fingerprint density at radius 3 is 1.18 bits per heavy atom. The summed E-state index contributed by atoms with van der Waals surface area (Å²) in [5.41, 5.74) is 0. The molecule has 0 nitrogen and oxygen atoms in total. The number of rotatable bonds is 16. The minimum absolute atomic E-state index is 0.182. The van der Waals surface area contributed by atoms with Crippen LogP contribution in [0, 0.1) is 6.42 Å². The zero-order valence-electron chi connectivity index (χ0n) is 14.5. The zero-order valence-corrected chi connectivity index (χ0v) is 14.5. The summed E-state index contributed by atoms with van der Waals surface area (Å²) in [5.74, 6) is 0. The summed E-state index contributed by atoms with van der Waals surface area (Å²) in [6.07, 6.45) is 15.4. The maximum Gasteiger partial charge on any atom is 0.392 e. The van der Waals surface area contributed by atoms with Crippen LogP contribution in [0.15, 0.2) is 0 Å². The van der Waals surface area contributed by atoms with Gasteiger partial charge in [-0.25, -0.2) is 0 Å². The SMILES string of the molecule is CCCCCCCCCCCCCCCCC[CH]C(F)(F)F. The zero-order chi connectivity index (χ0) is 16.5.